The number of halogens is 2. The lowest BCUT2D eigenvalue weighted by molar-refractivity contribution is 0.606. The third-order valence-electron chi connectivity index (χ3n) is 2.12. The number of rotatable bonds is 3. The Labute approximate surface area is 107 Å². The Morgan fingerprint density at radius 1 is 1.47 bits per heavy atom. The molecule has 0 atom stereocenters. The maximum atomic E-state index is 13.5. The lowest BCUT2D eigenvalue weighted by Gasteiger charge is -2.17. The van der Waals surface area contributed by atoms with Crippen LogP contribution in [0.1, 0.15) is 10.7 Å². The monoisotopic (exact) mass is 272 g/mol. The highest BCUT2D eigenvalue weighted by molar-refractivity contribution is 7.09. The summed E-state index contributed by atoms with van der Waals surface area (Å²) in [5.41, 5.74) is 0.879. The van der Waals surface area contributed by atoms with E-state index < -0.39 is 5.82 Å². The van der Waals surface area contributed by atoms with Crippen LogP contribution in [0.5, 0.6) is 0 Å². The van der Waals surface area contributed by atoms with Crippen molar-refractivity contribution in [3.05, 3.63) is 33.4 Å². The average molecular weight is 273 g/mol. The van der Waals surface area contributed by atoms with Crippen molar-refractivity contribution >= 4 is 28.8 Å². The smallest absolute Gasteiger partial charge is 0.224 e. The summed E-state index contributed by atoms with van der Waals surface area (Å²) in [5.74, 6) is -0.320. The molecule has 0 saturated carbocycles. The van der Waals surface area contributed by atoms with E-state index in [0.29, 0.717) is 6.54 Å². The fourth-order valence-electron chi connectivity index (χ4n) is 1.40. The summed E-state index contributed by atoms with van der Waals surface area (Å²) in [5, 5.41) is 2.95. The van der Waals surface area contributed by atoms with Crippen LogP contribution in [0.3, 0.4) is 0 Å². The van der Waals surface area contributed by atoms with Crippen LogP contribution < -0.4 is 4.90 Å². The molecule has 2 aromatic heterocycles. The molecule has 2 heterocycles. The Hall–Kier alpha value is -1.27. The molecule has 0 aliphatic rings. The van der Waals surface area contributed by atoms with Crippen molar-refractivity contribution < 1.29 is 4.39 Å². The Kier molecular flexibility index (Phi) is 3.54. The van der Waals surface area contributed by atoms with Gasteiger partial charge in [0.1, 0.15) is 0 Å². The van der Waals surface area contributed by atoms with Crippen LogP contribution >= 0.6 is 22.9 Å². The summed E-state index contributed by atoms with van der Waals surface area (Å²) >= 11 is 7.20. The standard InChI is InChI=1S/C10H10ClFN4S/c1-6-14-7(5-17-6)4-16(2)9-8(12)3-13-10(11)15-9/h3,5H,4H2,1-2H3. The summed E-state index contributed by atoms with van der Waals surface area (Å²) in [6.07, 6.45) is 1.06. The molecule has 2 aromatic rings. The highest BCUT2D eigenvalue weighted by Crippen LogP contribution is 2.18. The zero-order valence-electron chi connectivity index (χ0n) is 9.31. The molecular weight excluding hydrogens is 263 g/mol. The maximum absolute atomic E-state index is 13.5. The molecule has 7 heteroatoms. The van der Waals surface area contributed by atoms with E-state index in [-0.39, 0.29) is 11.1 Å². The van der Waals surface area contributed by atoms with E-state index in [1.54, 1.807) is 23.3 Å². The van der Waals surface area contributed by atoms with Crippen LogP contribution in [-0.4, -0.2) is 22.0 Å². The second kappa shape index (κ2) is 4.93. The van der Waals surface area contributed by atoms with Crippen molar-refractivity contribution in [2.24, 2.45) is 0 Å². The molecule has 0 aliphatic carbocycles. The van der Waals surface area contributed by atoms with Gasteiger partial charge in [-0.2, -0.15) is 4.98 Å². The number of aromatic nitrogens is 3. The van der Waals surface area contributed by atoms with Crippen molar-refractivity contribution in [1.29, 1.82) is 0 Å². The van der Waals surface area contributed by atoms with Crippen LogP contribution in [0.2, 0.25) is 5.28 Å². The van der Waals surface area contributed by atoms with Gasteiger partial charge in [0.15, 0.2) is 11.6 Å². The van der Waals surface area contributed by atoms with Gasteiger partial charge in [0, 0.05) is 12.4 Å². The summed E-state index contributed by atoms with van der Waals surface area (Å²) < 4.78 is 13.5. The third kappa shape index (κ3) is 2.89. The molecule has 2 rings (SSSR count). The lowest BCUT2D eigenvalue weighted by atomic mass is 10.4. The van der Waals surface area contributed by atoms with Crippen molar-refractivity contribution in [3.8, 4) is 0 Å². The third-order valence-corrected chi connectivity index (χ3v) is 3.13. The van der Waals surface area contributed by atoms with Gasteiger partial charge in [-0.05, 0) is 18.5 Å². The van der Waals surface area contributed by atoms with Gasteiger partial charge < -0.3 is 4.90 Å². The molecule has 4 nitrogen and oxygen atoms in total. The van der Waals surface area contributed by atoms with E-state index in [1.807, 2.05) is 12.3 Å². The lowest BCUT2D eigenvalue weighted by Crippen LogP contribution is -2.19. The van der Waals surface area contributed by atoms with Gasteiger partial charge in [0.25, 0.3) is 0 Å². The van der Waals surface area contributed by atoms with Crippen LogP contribution in [-0.2, 0) is 6.54 Å². The molecule has 0 aliphatic heterocycles. The van der Waals surface area contributed by atoms with Gasteiger partial charge in [-0.3, -0.25) is 0 Å². The molecule has 0 aromatic carbocycles. The quantitative estimate of drug-likeness (QED) is 0.806. The van der Waals surface area contributed by atoms with Crippen LogP contribution in [0.15, 0.2) is 11.6 Å². The molecule has 0 spiro atoms. The summed E-state index contributed by atoms with van der Waals surface area (Å²) in [6.45, 7) is 2.41. The minimum Gasteiger partial charge on any atom is -0.351 e. The first kappa shape index (κ1) is 12.2. The van der Waals surface area contributed by atoms with Crippen LogP contribution in [0, 0.1) is 12.7 Å². The molecule has 0 N–H and O–H groups in total. The number of hydrogen-bond donors (Lipinski definition) is 0. The molecule has 0 unspecified atom stereocenters. The minimum atomic E-state index is -0.496. The predicted molar refractivity (Wildman–Crippen MR) is 66.0 cm³/mol. The molecule has 17 heavy (non-hydrogen) atoms. The number of thiazole rings is 1. The van der Waals surface area contributed by atoms with Gasteiger partial charge in [0.05, 0.1) is 23.4 Å². The number of nitrogens with zero attached hydrogens (tertiary/aromatic N) is 4. The highest BCUT2D eigenvalue weighted by Gasteiger charge is 2.12. The molecule has 0 amide bonds. The first-order chi connectivity index (χ1) is 8.06. The minimum absolute atomic E-state index is 0.0303. The number of aryl methyl sites for hydroxylation is 1. The van der Waals surface area contributed by atoms with E-state index in [9.17, 15) is 4.39 Å². The summed E-state index contributed by atoms with van der Waals surface area (Å²) in [6, 6.07) is 0. The highest BCUT2D eigenvalue weighted by atomic mass is 35.5. The predicted octanol–water partition coefficient (Wildman–Crippen LogP) is 2.67. The molecule has 0 bridgehead atoms. The van der Waals surface area contributed by atoms with E-state index in [0.717, 1.165) is 16.9 Å². The van der Waals surface area contributed by atoms with E-state index in [2.05, 4.69) is 15.0 Å². The Morgan fingerprint density at radius 3 is 2.88 bits per heavy atom. The van der Waals surface area contributed by atoms with Crippen LogP contribution in [0.25, 0.3) is 0 Å². The molecule has 0 saturated heterocycles. The van der Waals surface area contributed by atoms with Crippen molar-refractivity contribution in [2.75, 3.05) is 11.9 Å². The number of hydrogen-bond acceptors (Lipinski definition) is 5. The fraction of sp³-hybridized carbons (Fsp3) is 0.300. The maximum Gasteiger partial charge on any atom is 0.224 e. The molecule has 0 fully saturated rings. The normalized spacial score (nSPS) is 10.6. The van der Waals surface area contributed by atoms with E-state index in [1.165, 1.54) is 0 Å². The Bertz CT molecular complexity index is 531. The van der Waals surface area contributed by atoms with Crippen LogP contribution in [0.4, 0.5) is 10.2 Å². The molecule has 90 valence electrons. The zero-order valence-corrected chi connectivity index (χ0v) is 10.9. The largest absolute Gasteiger partial charge is 0.351 e. The first-order valence-corrected chi connectivity index (χ1v) is 6.12. The average Bonchev–Trinajstić information content (AvgIpc) is 2.67. The van der Waals surface area contributed by atoms with Gasteiger partial charge in [-0.25, -0.2) is 14.4 Å². The first-order valence-electron chi connectivity index (χ1n) is 4.86. The summed E-state index contributed by atoms with van der Waals surface area (Å²) in [7, 11) is 1.73. The Balaban J connectivity index is 2.19. The summed E-state index contributed by atoms with van der Waals surface area (Å²) in [4.78, 5) is 13.4. The van der Waals surface area contributed by atoms with Crippen molar-refractivity contribution in [2.45, 2.75) is 13.5 Å². The second-order valence-corrected chi connectivity index (χ2v) is 4.92. The topological polar surface area (TPSA) is 41.9 Å². The van der Waals surface area contributed by atoms with E-state index >= 15 is 0 Å². The Morgan fingerprint density at radius 2 is 2.24 bits per heavy atom. The van der Waals surface area contributed by atoms with Gasteiger partial charge in [-0.15, -0.1) is 11.3 Å². The van der Waals surface area contributed by atoms with E-state index in [4.69, 9.17) is 11.6 Å². The zero-order chi connectivity index (χ0) is 12.4. The SMILES string of the molecule is Cc1nc(CN(C)c2nc(Cl)ncc2F)cs1. The van der Waals surface area contributed by atoms with Crippen molar-refractivity contribution in [1.82, 2.24) is 15.0 Å². The fourth-order valence-corrected chi connectivity index (χ4v) is 2.14. The van der Waals surface area contributed by atoms with Gasteiger partial charge in [-0.1, -0.05) is 0 Å². The van der Waals surface area contributed by atoms with Gasteiger partial charge in [0.2, 0.25) is 5.28 Å². The molecular formula is C10H10ClFN4S. The number of anilines is 1. The second-order valence-electron chi connectivity index (χ2n) is 3.52. The van der Waals surface area contributed by atoms with Gasteiger partial charge >= 0.3 is 0 Å². The molecule has 0 radical (unpaired) electrons. The van der Waals surface area contributed by atoms with Crippen molar-refractivity contribution in [3.63, 3.8) is 0 Å².